The van der Waals surface area contributed by atoms with Gasteiger partial charge in [0.2, 0.25) is 0 Å². The van der Waals surface area contributed by atoms with Crippen LogP contribution in [-0.4, -0.2) is 26.1 Å². The lowest BCUT2D eigenvalue weighted by Gasteiger charge is -2.22. The minimum atomic E-state index is 0.394. The van der Waals surface area contributed by atoms with Crippen molar-refractivity contribution in [3.63, 3.8) is 0 Å². The lowest BCUT2D eigenvalue weighted by Crippen LogP contribution is -2.16. The van der Waals surface area contributed by atoms with Crippen LogP contribution in [-0.2, 0) is 0 Å². The van der Waals surface area contributed by atoms with Gasteiger partial charge in [0, 0.05) is 11.4 Å². The van der Waals surface area contributed by atoms with Gasteiger partial charge in [0.15, 0.2) is 0 Å². The average molecular weight is 229 g/mol. The number of hydrogen-bond donors (Lipinski definition) is 0. The molecule has 0 aliphatic heterocycles. The quantitative estimate of drug-likeness (QED) is 0.799. The first-order valence-electron chi connectivity index (χ1n) is 5.87. The van der Waals surface area contributed by atoms with E-state index >= 15 is 0 Å². The van der Waals surface area contributed by atoms with Crippen molar-refractivity contribution in [1.29, 1.82) is 0 Å². The molecule has 0 radical (unpaired) electrons. The number of nitrogens with zero attached hydrogens (tertiary/aromatic N) is 1. The molecule has 17 heavy (non-hydrogen) atoms. The minimum absolute atomic E-state index is 0.394. The number of methoxy groups -OCH3 is 1. The van der Waals surface area contributed by atoms with Crippen molar-refractivity contribution in [2.75, 3.05) is 21.2 Å². The van der Waals surface area contributed by atoms with Crippen LogP contribution in [0.15, 0.2) is 36.4 Å². The Morgan fingerprint density at radius 3 is 2.29 bits per heavy atom. The zero-order chi connectivity index (χ0) is 12.4. The molecule has 0 fully saturated rings. The summed E-state index contributed by atoms with van der Waals surface area (Å²) < 4.78 is 5.41. The van der Waals surface area contributed by atoms with Crippen molar-refractivity contribution >= 4 is 10.8 Å². The van der Waals surface area contributed by atoms with Gasteiger partial charge in [-0.3, -0.25) is 0 Å². The van der Waals surface area contributed by atoms with Crippen molar-refractivity contribution in [2.45, 2.75) is 13.0 Å². The first-order chi connectivity index (χ1) is 8.15. The van der Waals surface area contributed by atoms with Crippen molar-refractivity contribution in [3.8, 4) is 5.75 Å². The minimum Gasteiger partial charge on any atom is -0.496 e. The fourth-order valence-corrected chi connectivity index (χ4v) is 2.13. The maximum absolute atomic E-state index is 5.41. The average Bonchev–Trinajstić information content (AvgIpc) is 2.36. The molecule has 0 saturated carbocycles. The summed E-state index contributed by atoms with van der Waals surface area (Å²) in [5.74, 6) is 0.940. The second-order valence-electron chi connectivity index (χ2n) is 4.54. The number of benzene rings is 2. The maximum atomic E-state index is 5.41. The van der Waals surface area contributed by atoms with E-state index < -0.39 is 0 Å². The smallest absolute Gasteiger partial charge is 0.126 e. The van der Waals surface area contributed by atoms with Crippen molar-refractivity contribution < 1.29 is 4.74 Å². The molecule has 0 N–H and O–H groups in total. The molecule has 2 rings (SSSR count). The van der Waals surface area contributed by atoms with E-state index in [9.17, 15) is 0 Å². The van der Waals surface area contributed by atoms with E-state index in [1.165, 1.54) is 16.3 Å². The first kappa shape index (κ1) is 11.9. The third-order valence-electron chi connectivity index (χ3n) is 3.36. The Morgan fingerprint density at radius 1 is 1.00 bits per heavy atom. The van der Waals surface area contributed by atoms with Gasteiger partial charge in [-0.2, -0.15) is 0 Å². The van der Waals surface area contributed by atoms with Gasteiger partial charge < -0.3 is 9.64 Å². The Morgan fingerprint density at radius 2 is 1.65 bits per heavy atom. The summed E-state index contributed by atoms with van der Waals surface area (Å²) in [5.41, 5.74) is 1.34. The molecular weight excluding hydrogens is 210 g/mol. The molecule has 0 amide bonds. The van der Waals surface area contributed by atoms with Crippen molar-refractivity contribution in [3.05, 3.63) is 42.0 Å². The third kappa shape index (κ3) is 2.13. The summed E-state index contributed by atoms with van der Waals surface area (Å²) in [6.45, 7) is 2.22. The van der Waals surface area contributed by atoms with Crippen LogP contribution >= 0.6 is 0 Å². The van der Waals surface area contributed by atoms with Gasteiger partial charge in [-0.1, -0.05) is 30.3 Å². The van der Waals surface area contributed by atoms with E-state index in [0.29, 0.717) is 6.04 Å². The van der Waals surface area contributed by atoms with Gasteiger partial charge in [-0.15, -0.1) is 0 Å². The number of fused-ring (bicyclic) bond motifs is 1. The zero-order valence-corrected chi connectivity index (χ0v) is 10.9. The van der Waals surface area contributed by atoms with Crippen LogP contribution in [0, 0.1) is 0 Å². The Labute approximate surface area is 103 Å². The largest absolute Gasteiger partial charge is 0.496 e. The fourth-order valence-electron chi connectivity index (χ4n) is 2.13. The van der Waals surface area contributed by atoms with Crippen LogP contribution in [0.25, 0.3) is 10.8 Å². The number of rotatable bonds is 3. The second-order valence-corrected chi connectivity index (χ2v) is 4.54. The van der Waals surface area contributed by atoms with Crippen LogP contribution in [0.1, 0.15) is 18.5 Å². The molecular formula is C15H19NO. The van der Waals surface area contributed by atoms with E-state index in [2.05, 4.69) is 50.2 Å². The van der Waals surface area contributed by atoms with Gasteiger partial charge in [0.05, 0.1) is 7.11 Å². The van der Waals surface area contributed by atoms with Gasteiger partial charge >= 0.3 is 0 Å². The van der Waals surface area contributed by atoms with Gasteiger partial charge in [-0.05, 0) is 38.0 Å². The number of ether oxygens (including phenoxy) is 1. The van der Waals surface area contributed by atoms with Crippen LogP contribution in [0.2, 0.25) is 0 Å². The molecule has 0 bridgehead atoms. The van der Waals surface area contributed by atoms with Gasteiger partial charge in [0.25, 0.3) is 0 Å². The molecule has 0 aliphatic carbocycles. The summed E-state index contributed by atoms with van der Waals surface area (Å²) >= 11 is 0. The highest BCUT2D eigenvalue weighted by molar-refractivity contribution is 5.91. The van der Waals surface area contributed by atoms with Crippen molar-refractivity contribution in [1.82, 2.24) is 4.90 Å². The van der Waals surface area contributed by atoms with Crippen LogP contribution in [0.3, 0.4) is 0 Å². The SMILES string of the molecule is COc1cccc2c(C(C)N(C)C)cccc12. The lowest BCUT2D eigenvalue weighted by atomic mass is 9.98. The monoisotopic (exact) mass is 229 g/mol. The Balaban J connectivity index is 2.66. The molecule has 0 aromatic heterocycles. The summed E-state index contributed by atoms with van der Waals surface area (Å²) in [4.78, 5) is 2.22. The molecule has 90 valence electrons. The predicted molar refractivity (Wildman–Crippen MR) is 72.6 cm³/mol. The molecule has 2 heteroatoms. The number of hydrogen-bond acceptors (Lipinski definition) is 2. The topological polar surface area (TPSA) is 12.5 Å². The van der Waals surface area contributed by atoms with Crippen LogP contribution in [0.4, 0.5) is 0 Å². The highest BCUT2D eigenvalue weighted by Crippen LogP contribution is 2.31. The van der Waals surface area contributed by atoms with Crippen LogP contribution < -0.4 is 4.74 Å². The van der Waals surface area contributed by atoms with E-state index in [4.69, 9.17) is 4.74 Å². The van der Waals surface area contributed by atoms with E-state index in [-0.39, 0.29) is 0 Å². The fraction of sp³-hybridized carbons (Fsp3) is 0.333. The Kier molecular flexibility index (Phi) is 3.34. The summed E-state index contributed by atoms with van der Waals surface area (Å²) in [6, 6.07) is 13.0. The lowest BCUT2D eigenvalue weighted by molar-refractivity contribution is 0.323. The Bertz CT molecular complexity index is 519. The molecule has 0 spiro atoms. The third-order valence-corrected chi connectivity index (χ3v) is 3.36. The predicted octanol–water partition coefficient (Wildman–Crippen LogP) is 3.47. The summed E-state index contributed by atoms with van der Waals surface area (Å²) in [6.07, 6.45) is 0. The second kappa shape index (κ2) is 4.76. The molecule has 1 atom stereocenters. The molecule has 0 saturated heterocycles. The van der Waals surface area contributed by atoms with E-state index in [1.807, 2.05) is 12.1 Å². The van der Waals surface area contributed by atoms with Crippen molar-refractivity contribution in [2.24, 2.45) is 0 Å². The molecule has 0 heterocycles. The summed E-state index contributed by atoms with van der Waals surface area (Å²) in [7, 11) is 5.92. The Hall–Kier alpha value is -1.54. The molecule has 2 aromatic carbocycles. The van der Waals surface area contributed by atoms with Gasteiger partial charge in [-0.25, -0.2) is 0 Å². The maximum Gasteiger partial charge on any atom is 0.126 e. The van der Waals surface area contributed by atoms with E-state index in [0.717, 1.165) is 5.75 Å². The van der Waals surface area contributed by atoms with E-state index in [1.54, 1.807) is 7.11 Å². The first-order valence-corrected chi connectivity index (χ1v) is 5.87. The molecule has 2 nitrogen and oxygen atoms in total. The normalized spacial score (nSPS) is 13.0. The molecule has 0 aliphatic rings. The molecule has 1 unspecified atom stereocenters. The zero-order valence-electron chi connectivity index (χ0n) is 10.9. The highest BCUT2D eigenvalue weighted by atomic mass is 16.5. The van der Waals surface area contributed by atoms with Gasteiger partial charge in [0.1, 0.15) is 5.75 Å². The molecule has 2 aromatic rings. The summed E-state index contributed by atoms with van der Waals surface area (Å²) in [5, 5.41) is 2.45. The highest BCUT2D eigenvalue weighted by Gasteiger charge is 2.12. The standard InChI is InChI=1S/C15H19NO/c1-11(16(2)3)12-7-5-9-14-13(12)8-6-10-15(14)17-4/h5-11H,1-4H3. The van der Waals surface area contributed by atoms with Crippen LogP contribution in [0.5, 0.6) is 5.75 Å².